The maximum atomic E-state index is 13.0. The monoisotopic (exact) mass is 466 g/mol. The van der Waals surface area contributed by atoms with Crippen molar-refractivity contribution in [3.8, 4) is 0 Å². The lowest BCUT2D eigenvalue weighted by atomic mass is 10.1. The molecule has 3 rings (SSSR count). The number of sulfonamides is 1. The van der Waals surface area contributed by atoms with Gasteiger partial charge in [0.05, 0.1) is 33.8 Å². The second-order valence-electron chi connectivity index (χ2n) is 7.54. The van der Waals surface area contributed by atoms with Crippen molar-refractivity contribution in [2.24, 2.45) is 0 Å². The van der Waals surface area contributed by atoms with E-state index in [4.69, 9.17) is 4.74 Å². The molecule has 2 aromatic carbocycles. The molecule has 8 nitrogen and oxygen atoms in total. The third-order valence-electron chi connectivity index (χ3n) is 5.12. The van der Waals surface area contributed by atoms with Crippen LogP contribution in [0.2, 0.25) is 0 Å². The fourth-order valence-corrected chi connectivity index (χ4v) is 5.86. The lowest BCUT2D eigenvalue weighted by Gasteiger charge is -2.26. The summed E-state index contributed by atoms with van der Waals surface area (Å²) in [7, 11) is -7.41. The molecule has 10 heteroatoms. The molecule has 0 saturated carbocycles. The summed E-state index contributed by atoms with van der Waals surface area (Å²) in [6.07, 6.45) is 0. The van der Waals surface area contributed by atoms with Gasteiger partial charge in [-0.2, -0.15) is 4.31 Å². The molecule has 2 aromatic rings. The first-order chi connectivity index (χ1) is 14.5. The maximum Gasteiger partial charge on any atom is 0.256 e. The Morgan fingerprint density at radius 3 is 2.32 bits per heavy atom. The van der Waals surface area contributed by atoms with Crippen molar-refractivity contribution in [2.75, 3.05) is 31.6 Å². The molecule has 0 radical (unpaired) electrons. The predicted octanol–water partition coefficient (Wildman–Crippen LogP) is 2.45. The van der Waals surface area contributed by atoms with E-state index < -0.39 is 31.0 Å². The van der Waals surface area contributed by atoms with Crippen LogP contribution in [0.4, 0.5) is 5.69 Å². The van der Waals surface area contributed by atoms with E-state index in [9.17, 15) is 21.6 Å². The first-order valence-electron chi connectivity index (χ1n) is 9.88. The number of carbonyl (C=O) groups excluding carboxylic acids is 1. The Kier molecular flexibility index (Phi) is 6.85. The number of nitrogens with one attached hydrogen (secondary N) is 1. The van der Waals surface area contributed by atoms with Gasteiger partial charge in [-0.1, -0.05) is 18.2 Å². The van der Waals surface area contributed by atoms with E-state index in [2.05, 4.69) is 5.32 Å². The van der Waals surface area contributed by atoms with Crippen LogP contribution in [-0.4, -0.2) is 58.6 Å². The van der Waals surface area contributed by atoms with Gasteiger partial charge in [-0.05, 0) is 50.6 Å². The maximum absolute atomic E-state index is 13.0. The molecule has 0 spiro atoms. The smallest absolute Gasteiger partial charge is 0.256 e. The zero-order valence-corrected chi connectivity index (χ0v) is 19.3. The molecule has 0 bridgehead atoms. The van der Waals surface area contributed by atoms with Crippen molar-refractivity contribution >= 4 is 31.5 Å². The molecule has 0 unspecified atom stereocenters. The number of rotatable bonds is 6. The van der Waals surface area contributed by atoms with E-state index in [1.165, 1.54) is 28.6 Å². The first kappa shape index (κ1) is 23.4. The van der Waals surface area contributed by atoms with Gasteiger partial charge in [0, 0.05) is 18.8 Å². The number of ether oxygens (including phenoxy) is 1. The van der Waals surface area contributed by atoms with Crippen molar-refractivity contribution < 1.29 is 26.4 Å². The van der Waals surface area contributed by atoms with E-state index in [0.29, 0.717) is 24.5 Å². The lowest BCUT2D eigenvalue weighted by Crippen LogP contribution is -2.40. The van der Waals surface area contributed by atoms with E-state index in [0.717, 1.165) is 0 Å². The van der Waals surface area contributed by atoms with E-state index in [-0.39, 0.29) is 28.4 Å². The molecule has 168 valence electrons. The highest BCUT2D eigenvalue weighted by molar-refractivity contribution is 7.92. The highest BCUT2D eigenvalue weighted by Gasteiger charge is 2.28. The highest BCUT2D eigenvalue weighted by Crippen LogP contribution is 2.26. The Bertz CT molecular complexity index is 1180. The van der Waals surface area contributed by atoms with Crippen LogP contribution in [-0.2, 0) is 24.6 Å². The summed E-state index contributed by atoms with van der Waals surface area (Å²) < 4.78 is 57.8. The van der Waals surface area contributed by atoms with Gasteiger partial charge in [-0.3, -0.25) is 4.79 Å². The minimum atomic E-state index is -3.74. The Morgan fingerprint density at radius 1 is 1.03 bits per heavy atom. The van der Waals surface area contributed by atoms with Gasteiger partial charge >= 0.3 is 0 Å². The quantitative estimate of drug-likeness (QED) is 0.700. The van der Waals surface area contributed by atoms with Crippen molar-refractivity contribution in [3.05, 3.63) is 53.6 Å². The first-order valence-corrected chi connectivity index (χ1v) is 12.9. The number of benzene rings is 2. The van der Waals surface area contributed by atoms with Gasteiger partial charge in [-0.25, -0.2) is 16.8 Å². The average Bonchev–Trinajstić information content (AvgIpc) is 2.75. The molecule has 0 aromatic heterocycles. The Balaban J connectivity index is 1.94. The summed E-state index contributed by atoms with van der Waals surface area (Å²) in [4.78, 5) is 13.0. The van der Waals surface area contributed by atoms with Crippen LogP contribution in [0.25, 0.3) is 0 Å². The van der Waals surface area contributed by atoms with Crippen LogP contribution in [0.15, 0.2) is 52.3 Å². The van der Waals surface area contributed by atoms with Crippen LogP contribution < -0.4 is 5.32 Å². The fourth-order valence-electron chi connectivity index (χ4n) is 3.18. The Labute approximate surface area is 183 Å². The Morgan fingerprint density at radius 2 is 1.68 bits per heavy atom. The van der Waals surface area contributed by atoms with Crippen LogP contribution >= 0.6 is 0 Å². The fraction of sp³-hybridized carbons (Fsp3) is 0.381. The normalized spacial score (nSPS) is 15.7. The molecule has 1 aliphatic rings. The van der Waals surface area contributed by atoms with E-state index in [1.54, 1.807) is 39.0 Å². The molecule has 1 saturated heterocycles. The molecule has 0 aliphatic carbocycles. The van der Waals surface area contributed by atoms with Gasteiger partial charge in [0.2, 0.25) is 10.0 Å². The summed E-state index contributed by atoms with van der Waals surface area (Å²) in [6.45, 7) is 6.02. The Hall–Kier alpha value is -2.27. The van der Waals surface area contributed by atoms with Gasteiger partial charge in [0.25, 0.3) is 5.91 Å². The zero-order valence-electron chi connectivity index (χ0n) is 17.7. The minimum Gasteiger partial charge on any atom is -0.379 e. The second kappa shape index (κ2) is 9.07. The lowest BCUT2D eigenvalue weighted by molar-refractivity contribution is 0.0730. The summed E-state index contributed by atoms with van der Waals surface area (Å²) in [5.41, 5.74) is 0.964. The SMILES string of the molecule is Cc1ccc(S(=O)(=O)N2CCOCC2)cc1NC(=O)c1ccccc1S(=O)(=O)C(C)C. The molecule has 1 amide bonds. The number of hydrogen-bond donors (Lipinski definition) is 1. The molecule has 1 heterocycles. The number of aryl methyl sites for hydroxylation is 1. The number of morpholine rings is 1. The molecule has 1 fully saturated rings. The van der Waals surface area contributed by atoms with Crippen molar-refractivity contribution in [3.63, 3.8) is 0 Å². The number of anilines is 1. The molecule has 1 N–H and O–H groups in total. The second-order valence-corrected chi connectivity index (χ2v) is 11.9. The summed E-state index contributed by atoms with van der Waals surface area (Å²) in [6, 6.07) is 10.5. The van der Waals surface area contributed by atoms with Gasteiger partial charge in [0.15, 0.2) is 9.84 Å². The number of hydrogen-bond acceptors (Lipinski definition) is 6. The minimum absolute atomic E-state index is 0.0111. The van der Waals surface area contributed by atoms with Gasteiger partial charge < -0.3 is 10.1 Å². The number of nitrogens with zero attached hydrogens (tertiary/aromatic N) is 1. The zero-order chi connectivity index (χ0) is 22.8. The number of amides is 1. The topological polar surface area (TPSA) is 110 Å². The standard InChI is InChI=1S/C21H26N2O6S2/c1-15(2)30(25,26)20-7-5-4-6-18(20)21(24)22-19-14-17(9-8-16(19)3)31(27,28)23-10-12-29-13-11-23/h4-9,14-15H,10-13H2,1-3H3,(H,22,24). The summed E-state index contributed by atoms with van der Waals surface area (Å²) >= 11 is 0. The van der Waals surface area contributed by atoms with E-state index >= 15 is 0 Å². The molecule has 1 aliphatic heterocycles. The molecular weight excluding hydrogens is 440 g/mol. The van der Waals surface area contributed by atoms with Crippen LogP contribution in [0.1, 0.15) is 29.8 Å². The average molecular weight is 467 g/mol. The van der Waals surface area contributed by atoms with Crippen LogP contribution in [0, 0.1) is 6.92 Å². The summed E-state index contributed by atoms with van der Waals surface area (Å²) in [5.74, 6) is -0.621. The van der Waals surface area contributed by atoms with Crippen LogP contribution in [0.5, 0.6) is 0 Å². The van der Waals surface area contributed by atoms with E-state index in [1.807, 2.05) is 0 Å². The number of sulfone groups is 1. The van der Waals surface area contributed by atoms with Crippen molar-refractivity contribution in [2.45, 2.75) is 35.8 Å². The number of carbonyl (C=O) groups is 1. The molecular formula is C21H26N2O6S2. The molecule has 0 atom stereocenters. The van der Waals surface area contributed by atoms with Crippen molar-refractivity contribution in [1.82, 2.24) is 4.31 Å². The largest absolute Gasteiger partial charge is 0.379 e. The van der Waals surface area contributed by atoms with Crippen molar-refractivity contribution in [1.29, 1.82) is 0 Å². The third-order valence-corrected chi connectivity index (χ3v) is 9.23. The third kappa shape index (κ3) is 4.82. The predicted molar refractivity (Wildman–Crippen MR) is 117 cm³/mol. The summed E-state index contributed by atoms with van der Waals surface area (Å²) in [5, 5.41) is 1.99. The van der Waals surface area contributed by atoms with Gasteiger partial charge in [0.1, 0.15) is 0 Å². The highest BCUT2D eigenvalue weighted by atomic mass is 32.2. The van der Waals surface area contributed by atoms with Crippen LogP contribution in [0.3, 0.4) is 0 Å². The molecule has 31 heavy (non-hydrogen) atoms. The van der Waals surface area contributed by atoms with Gasteiger partial charge in [-0.15, -0.1) is 0 Å².